The average molecular weight is 279 g/mol. The van der Waals surface area contributed by atoms with Crippen molar-refractivity contribution in [3.05, 3.63) is 35.4 Å². The largest absolute Gasteiger partial charge is 0.481 e. The Morgan fingerprint density at radius 1 is 1.42 bits per heavy atom. The van der Waals surface area contributed by atoms with Crippen LogP contribution in [0.5, 0.6) is 0 Å². The minimum Gasteiger partial charge on any atom is -0.481 e. The van der Waals surface area contributed by atoms with Gasteiger partial charge in [-0.1, -0.05) is 29.8 Å². The fourth-order valence-corrected chi connectivity index (χ4v) is 2.86. The normalized spacial score (nSPS) is 15.1. The summed E-state index contributed by atoms with van der Waals surface area (Å²) in [7, 11) is 0. The number of aryl methyl sites for hydroxylation is 1. The molecule has 4 nitrogen and oxygen atoms in total. The summed E-state index contributed by atoms with van der Waals surface area (Å²) >= 11 is 1.57. The van der Waals surface area contributed by atoms with Gasteiger partial charge in [-0.25, -0.2) is 0 Å². The molecule has 0 radical (unpaired) electrons. The number of hydrogen-bond acceptors (Lipinski definition) is 3. The van der Waals surface area contributed by atoms with Crippen LogP contribution in [-0.2, 0) is 15.3 Å². The van der Waals surface area contributed by atoms with E-state index in [0.717, 1.165) is 5.75 Å². The molecule has 0 unspecified atom stereocenters. The fraction of sp³-hybridized carbons (Fsp3) is 0.429. The third kappa shape index (κ3) is 3.73. The molecule has 1 aromatic rings. The van der Waals surface area contributed by atoms with Crippen LogP contribution in [0.25, 0.3) is 0 Å². The number of nitrogens with zero attached hydrogens (tertiary/aromatic N) is 1. The number of amides is 1. The van der Waals surface area contributed by atoms with E-state index in [0.29, 0.717) is 18.8 Å². The van der Waals surface area contributed by atoms with E-state index in [-0.39, 0.29) is 11.8 Å². The third-order valence-corrected chi connectivity index (χ3v) is 4.15. The van der Waals surface area contributed by atoms with Gasteiger partial charge in [0.1, 0.15) is 0 Å². The topological polar surface area (TPSA) is 57.6 Å². The van der Waals surface area contributed by atoms with Crippen LogP contribution in [0, 0.1) is 12.8 Å². The smallest absolute Gasteiger partial charge is 0.310 e. The average Bonchev–Trinajstić information content (AvgIpc) is 2.26. The van der Waals surface area contributed by atoms with Crippen molar-refractivity contribution in [3.63, 3.8) is 0 Å². The van der Waals surface area contributed by atoms with E-state index >= 15 is 0 Å². The molecule has 1 amide bonds. The maximum Gasteiger partial charge on any atom is 0.310 e. The highest BCUT2D eigenvalue weighted by Gasteiger charge is 2.35. The van der Waals surface area contributed by atoms with E-state index in [9.17, 15) is 9.59 Å². The second kappa shape index (κ2) is 6.10. The molecule has 0 aliphatic carbocycles. The summed E-state index contributed by atoms with van der Waals surface area (Å²) in [5.74, 6) is 0.0847. The minimum absolute atomic E-state index is 0.0372. The second-order valence-electron chi connectivity index (χ2n) is 4.82. The van der Waals surface area contributed by atoms with Crippen molar-refractivity contribution in [2.24, 2.45) is 5.92 Å². The van der Waals surface area contributed by atoms with Gasteiger partial charge in [-0.3, -0.25) is 9.59 Å². The van der Waals surface area contributed by atoms with Crippen molar-refractivity contribution < 1.29 is 14.7 Å². The van der Waals surface area contributed by atoms with Crippen LogP contribution >= 0.6 is 11.8 Å². The summed E-state index contributed by atoms with van der Waals surface area (Å²) < 4.78 is 0. The summed E-state index contributed by atoms with van der Waals surface area (Å²) in [5.41, 5.74) is 2.43. The molecule has 2 rings (SSSR count). The highest BCUT2D eigenvalue weighted by Crippen LogP contribution is 2.19. The summed E-state index contributed by atoms with van der Waals surface area (Å²) in [4.78, 5) is 24.0. The summed E-state index contributed by atoms with van der Waals surface area (Å²) in [6.07, 6.45) is 0. The lowest BCUT2D eigenvalue weighted by Crippen LogP contribution is -2.53. The Kier molecular flexibility index (Phi) is 4.47. The molecule has 1 N–H and O–H groups in total. The molecule has 0 atom stereocenters. The van der Waals surface area contributed by atoms with E-state index in [1.807, 2.05) is 19.1 Å². The number of benzene rings is 1. The van der Waals surface area contributed by atoms with E-state index in [4.69, 9.17) is 5.11 Å². The number of rotatable bonds is 5. The lowest BCUT2D eigenvalue weighted by molar-refractivity contribution is -0.151. The Morgan fingerprint density at radius 2 is 2.16 bits per heavy atom. The number of carboxylic acid groups (broad SMARTS) is 1. The van der Waals surface area contributed by atoms with Gasteiger partial charge < -0.3 is 10.0 Å². The number of thioether (sulfide) groups is 1. The van der Waals surface area contributed by atoms with Crippen LogP contribution in [0.2, 0.25) is 0 Å². The van der Waals surface area contributed by atoms with E-state index in [2.05, 4.69) is 12.1 Å². The quantitative estimate of drug-likeness (QED) is 0.892. The number of hydrogen-bond donors (Lipinski definition) is 1. The van der Waals surface area contributed by atoms with E-state index in [1.54, 1.807) is 16.7 Å². The Hall–Kier alpha value is -1.49. The molecule has 19 heavy (non-hydrogen) atoms. The van der Waals surface area contributed by atoms with Crippen LogP contribution in [0.4, 0.5) is 0 Å². The summed E-state index contributed by atoms with van der Waals surface area (Å²) in [6.45, 7) is 2.77. The van der Waals surface area contributed by atoms with Crippen molar-refractivity contribution in [2.75, 3.05) is 18.8 Å². The highest BCUT2D eigenvalue weighted by atomic mass is 32.2. The van der Waals surface area contributed by atoms with Gasteiger partial charge in [-0.05, 0) is 12.5 Å². The molecule has 1 fully saturated rings. The SMILES string of the molecule is Cc1cccc(CSCC(=O)N2CC(C(=O)O)C2)c1. The molecule has 0 bridgehead atoms. The van der Waals surface area contributed by atoms with Crippen molar-refractivity contribution in [1.82, 2.24) is 4.90 Å². The number of aliphatic carboxylic acids is 1. The third-order valence-electron chi connectivity index (χ3n) is 3.16. The van der Waals surface area contributed by atoms with Gasteiger partial charge in [-0.15, -0.1) is 11.8 Å². The van der Waals surface area contributed by atoms with Gasteiger partial charge in [0.15, 0.2) is 0 Å². The van der Waals surface area contributed by atoms with Crippen molar-refractivity contribution in [1.29, 1.82) is 0 Å². The first-order chi connectivity index (χ1) is 9.06. The predicted molar refractivity (Wildman–Crippen MR) is 75.0 cm³/mol. The zero-order chi connectivity index (χ0) is 13.8. The first-order valence-corrected chi connectivity index (χ1v) is 7.35. The first-order valence-electron chi connectivity index (χ1n) is 6.20. The maximum absolute atomic E-state index is 11.8. The molecule has 0 aromatic heterocycles. The molecule has 1 aliphatic heterocycles. The van der Waals surface area contributed by atoms with Gasteiger partial charge in [0.2, 0.25) is 5.91 Å². The number of carbonyl (C=O) groups excluding carboxylic acids is 1. The van der Waals surface area contributed by atoms with Crippen LogP contribution in [-0.4, -0.2) is 40.7 Å². The van der Waals surface area contributed by atoms with Gasteiger partial charge >= 0.3 is 5.97 Å². The number of carbonyl (C=O) groups is 2. The molecule has 1 saturated heterocycles. The Balaban J connectivity index is 1.69. The molecule has 1 aliphatic rings. The van der Waals surface area contributed by atoms with Gasteiger partial charge in [0.05, 0.1) is 11.7 Å². The van der Waals surface area contributed by atoms with Crippen LogP contribution in [0.1, 0.15) is 11.1 Å². The molecular formula is C14H17NO3S. The molecule has 0 saturated carbocycles. The molecule has 5 heteroatoms. The number of likely N-dealkylation sites (tertiary alicyclic amines) is 1. The second-order valence-corrected chi connectivity index (χ2v) is 5.80. The van der Waals surface area contributed by atoms with Crippen LogP contribution < -0.4 is 0 Å². The lowest BCUT2D eigenvalue weighted by Gasteiger charge is -2.36. The standard InChI is InChI=1S/C14H17NO3S/c1-10-3-2-4-11(5-10)8-19-9-13(16)15-6-12(7-15)14(17)18/h2-5,12H,6-9H2,1H3,(H,17,18). The molecule has 102 valence electrons. The maximum atomic E-state index is 11.8. The predicted octanol–water partition coefficient (Wildman–Crippen LogP) is 1.77. The monoisotopic (exact) mass is 279 g/mol. The van der Waals surface area contributed by atoms with Gasteiger partial charge in [-0.2, -0.15) is 0 Å². The van der Waals surface area contributed by atoms with Crippen molar-refractivity contribution in [3.8, 4) is 0 Å². The minimum atomic E-state index is -0.809. The Morgan fingerprint density at radius 3 is 2.79 bits per heavy atom. The molecule has 0 spiro atoms. The van der Waals surface area contributed by atoms with Crippen LogP contribution in [0.15, 0.2) is 24.3 Å². The molecule has 1 aromatic carbocycles. The fourth-order valence-electron chi connectivity index (χ4n) is 1.99. The zero-order valence-electron chi connectivity index (χ0n) is 10.8. The Labute approximate surface area is 116 Å². The van der Waals surface area contributed by atoms with E-state index in [1.165, 1.54) is 11.1 Å². The zero-order valence-corrected chi connectivity index (χ0v) is 11.7. The Bertz CT molecular complexity index is 483. The first kappa shape index (κ1) is 13.9. The molecule has 1 heterocycles. The van der Waals surface area contributed by atoms with Gasteiger partial charge in [0, 0.05) is 18.8 Å². The van der Waals surface area contributed by atoms with Gasteiger partial charge in [0.25, 0.3) is 0 Å². The van der Waals surface area contributed by atoms with E-state index < -0.39 is 5.97 Å². The highest BCUT2D eigenvalue weighted by molar-refractivity contribution is 7.99. The summed E-state index contributed by atoms with van der Waals surface area (Å²) in [5, 5.41) is 8.74. The number of carboxylic acids is 1. The van der Waals surface area contributed by atoms with Crippen molar-refractivity contribution >= 4 is 23.6 Å². The van der Waals surface area contributed by atoms with Crippen LogP contribution in [0.3, 0.4) is 0 Å². The lowest BCUT2D eigenvalue weighted by atomic mass is 10.0. The molecular weight excluding hydrogens is 262 g/mol. The van der Waals surface area contributed by atoms with Crippen molar-refractivity contribution in [2.45, 2.75) is 12.7 Å². The summed E-state index contributed by atoms with van der Waals surface area (Å²) in [6, 6.07) is 8.22.